The lowest BCUT2D eigenvalue weighted by atomic mass is 10.2. The number of anilines is 1. The van der Waals surface area contributed by atoms with E-state index in [0.29, 0.717) is 18.7 Å². The van der Waals surface area contributed by atoms with E-state index in [1.54, 1.807) is 12.1 Å². The minimum atomic E-state index is -3.49. The molecule has 0 aromatic heterocycles. The molecule has 7 nitrogen and oxygen atoms in total. The Labute approximate surface area is 118 Å². The van der Waals surface area contributed by atoms with Gasteiger partial charge in [-0.2, -0.15) is 0 Å². The maximum atomic E-state index is 10.8. The lowest BCUT2D eigenvalue weighted by Gasteiger charge is -2.06. The molecule has 9 heteroatoms. The van der Waals surface area contributed by atoms with Gasteiger partial charge in [0.2, 0.25) is 10.0 Å². The third kappa shape index (κ3) is 5.14. The van der Waals surface area contributed by atoms with E-state index in [2.05, 4.69) is 5.32 Å². The van der Waals surface area contributed by atoms with Gasteiger partial charge in [0.1, 0.15) is 5.69 Å². The highest BCUT2D eigenvalue weighted by molar-refractivity contribution is 14.1. The number of benzene rings is 1. The standard InChI is InChI=1S/C9H12IN3O4S/c10-7-2-3-8(9(6-7)13(14)15)12-4-1-5-18(11,16)17/h2-3,6,12H,1,4-5H2,(H2,11,16,17). The summed E-state index contributed by atoms with van der Waals surface area (Å²) in [6, 6.07) is 4.77. The number of nitro benzene ring substituents is 1. The Bertz CT molecular complexity index is 547. The van der Waals surface area contributed by atoms with Crippen LogP contribution in [0.3, 0.4) is 0 Å². The van der Waals surface area contributed by atoms with Crippen LogP contribution in [0, 0.1) is 13.7 Å². The van der Waals surface area contributed by atoms with Crippen LogP contribution in [0.25, 0.3) is 0 Å². The highest BCUT2D eigenvalue weighted by atomic mass is 127. The number of nitrogens with zero attached hydrogens (tertiary/aromatic N) is 1. The first-order chi connectivity index (χ1) is 8.29. The molecule has 1 aromatic rings. The Morgan fingerprint density at radius 2 is 2.11 bits per heavy atom. The number of hydrogen-bond donors (Lipinski definition) is 2. The molecule has 100 valence electrons. The van der Waals surface area contributed by atoms with Gasteiger partial charge in [-0.15, -0.1) is 0 Å². The van der Waals surface area contributed by atoms with Crippen LogP contribution in [-0.4, -0.2) is 25.6 Å². The number of sulfonamides is 1. The van der Waals surface area contributed by atoms with Crippen LogP contribution in [0.1, 0.15) is 6.42 Å². The van der Waals surface area contributed by atoms with E-state index in [4.69, 9.17) is 5.14 Å². The smallest absolute Gasteiger partial charge is 0.293 e. The molecule has 0 radical (unpaired) electrons. The molecule has 18 heavy (non-hydrogen) atoms. The third-order valence-corrected chi connectivity index (χ3v) is 3.61. The predicted octanol–water partition coefficient (Wildman–Crippen LogP) is 1.29. The normalized spacial score (nSPS) is 11.2. The average molecular weight is 385 g/mol. The Morgan fingerprint density at radius 1 is 1.44 bits per heavy atom. The zero-order valence-electron chi connectivity index (χ0n) is 9.30. The van der Waals surface area contributed by atoms with E-state index in [9.17, 15) is 18.5 Å². The fourth-order valence-electron chi connectivity index (χ4n) is 1.30. The number of primary sulfonamides is 1. The summed E-state index contributed by atoms with van der Waals surface area (Å²) in [7, 11) is -3.49. The Balaban J connectivity index is 2.65. The zero-order valence-corrected chi connectivity index (χ0v) is 12.3. The van der Waals surface area contributed by atoms with Gasteiger partial charge in [0, 0.05) is 16.2 Å². The number of hydrogen-bond acceptors (Lipinski definition) is 5. The van der Waals surface area contributed by atoms with Gasteiger partial charge in [0.15, 0.2) is 0 Å². The van der Waals surface area contributed by atoms with Crippen LogP contribution >= 0.6 is 22.6 Å². The second-order valence-electron chi connectivity index (χ2n) is 3.57. The second kappa shape index (κ2) is 6.29. The molecule has 3 N–H and O–H groups in total. The fraction of sp³-hybridized carbons (Fsp3) is 0.333. The highest BCUT2D eigenvalue weighted by Gasteiger charge is 2.13. The molecular formula is C9H12IN3O4S. The van der Waals surface area contributed by atoms with E-state index in [-0.39, 0.29) is 11.4 Å². The van der Waals surface area contributed by atoms with Crippen molar-refractivity contribution >= 4 is 44.0 Å². The van der Waals surface area contributed by atoms with Crippen LogP contribution < -0.4 is 10.5 Å². The van der Waals surface area contributed by atoms with Crippen molar-refractivity contribution in [3.8, 4) is 0 Å². The zero-order chi connectivity index (χ0) is 13.8. The first-order valence-corrected chi connectivity index (χ1v) is 7.77. The summed E-state index contributed by atoms with van der Waals surface area (Å²) < 4.78 is 22.2. The molecule has 0 aliphatic carbocycles. The number of rotatable bonds is 6. The van der Waals surface area contributed by atoms with Gasteiger partial charge >= 0.3 is 0 Å². The van der Waals surface area contributed by atoms with Crippen molar-refractivity contribution in [2.45, 2.75) is 6.42 Å². The molecule has 0 amide bonds. The van der Waals surface area contributed by atoms with Gasteiger partial charge < -0.3 is 5.32 Å². The van der Waals surface area contributed by atoms with Crippen molar-refractivity contribution in [1.29, 1.82) is 0 Å². The molecule has 0 fully saturated rings. The van der Waals surface area contributed by atoms with Gasteiger partial charge in [-0.25, -0.2) is 13.6 Å². The molecule has 0 saturated carbocycles. The minimum Gasteiger partial charge on any atom is -0.379 e. The summed E-state index contributed by atoms with van der Waals surface area (Å²) in [6.45, 7) is 0.303. The monoisotopic (exact) mass is 385 g/mol. The van der Waals surface area contributed by atoms with Gasteiger partial charge in [-0.05, 0) is 41.1 Å². The Kier molecular flexibility index (Phi) is 5.28. The lowest BCUT2D eigenvalue weighted by molar-refractivity contribution is -0.384. The van der Waals surface area contributed by atoms with E-state index in [1.807, 2.05) is 22.6 Å². The molecule has 0 atom stereocenters. The molecular weight excluding hydrogens is 373 g/mol. The molecule has 0 aliphatic rings. The van der Waals surface area contributed by atoms with Gasteiger partial charge in [-0.3, -0.25) is 10.1 Å². The van der Waals surface area contributed by atoms with Crippen LogP contribution in [0.5, 0.6) is 0 Å². The lowest BCUT2D eigenvalue weighted by Crippen LogP contribution is -2.18. The van der Waals surface area contributed by atoms with Crippen molar-refractivity contribution in [3.63, 3.8) is 0 Å². The number of nitro groups is 1. The largest absolute Gasteiger partial charge is 0.379 e. The average Bonchev–Trinajstić information content (AvgIpc) is 2.24. The Hall–Kier alpha value is -0.940. The maximum absolute atomic E-state index is 10.8. The summed E-state index contributed by atoms with van der Waals surface area (Å²) in [5.41, 5.74) is 0.340. The van der Waals surface area contributed by atoms with Crippen molar-refractivity contribution in [1.82, 2.24) is 0 Å². The molecule has 0 aliphatic heterocycles. The van der Waals surface area contributed by atoms with Crippen LogP contribution in [-0.2, 0) is 10.0 Å². The second-order valence-corrected chi connectivity index (χ2v) is 6.55. The van der Waals surface area contributed by atoms with Gasteiger partial charge in [0.25, 0.3) is 5.69 Å². The van der Waals surface area contributed by atoms with Crippen LogP contribution in [0.15, 0.2) is 18.2 Å². The highest BCUT2D eigenvalue weighted by Crippen LogP contribution is 2.26. The first kappa shape index (κ1) is 15.1. The summed E-state index contributed by atoms with van der Waals surface area (Å²) in [5, 5.41) is 18.5. The molecule has 0 spiro atoms. The molecule has 0 unspecified atom stereocenters. The molecule has 0 bridgehead atoms. The minimum absolute atomic E-state index is 0.0301. The van der Waals surface area contributed by atoms with E-state index < -0.39 is 14.9 Å². The number of nitrogens with two attached hydrogens (primary N) is 1. The number of nitrogens with one attached hydrogen (secondary N) is 1. The summed E-state index contributed by atoms with van der Waals surface area (Å²) in [6.07, 6.45) is 0.294. The van der Waals surface area contributed by atoms with Crippen molar-refractivity contribution in [2.75, 3.05) is 17.6 Å². The van der Waals surface area contributed by atoms with E-state index in [0.717, 1.165) is 3.57 Å². The molecule has 0 heterocycles. The SMILES string of the molecule is NS(=O)(=O)CCCNc1ccc(I)cc1[N+](=O)[O-]. The van der Waals surface area contributed by atoms with Crippen molar-refractivity contribution in [3.05, 3.63) is 31.9 Å². The van der Waals surface area contributed by atoms with Crippen molar-refractivity contribution < 1.29 is 13.3 Å². The van der Waals surface area contributed by atoms with E-state index >= 15 is 0 Å². The quantitative estimate of drug-likeness (QED) is 0.331. The van der Waals surface area contributed by atoms with Gasteiger partial charge in [-0.1, -0.05) is 0 Å². The molecule has 1 rings (SSSR count). The maximum Gasteiger partial charge on any atom is 0.293 e. The van der Waals surface area contributed by atoms with Gasteiger partial charge in [0.05, 0.1) is 10.7 Å². The summed E-state index contributed by atoms with van der Waals surface area (Å²) in [4.78, 5) is 10.3. The summed E-state index contributed by atoms with van der Waals surface area (Å²) in [5.74, 6) is -0.155. The first-order valence-electron chi connectivity index (χ1n) is 4.98. The summed E-state index contributed by atoms with van der Waals surface area (Å²) >= 11 is 1.98. The predicted molar refractivity (Wildman–Crippen MR) is 76.9 cm³/mol. The van der Waals surface area contributed by atoms with Crippen LogP contribution in [0.2, 0.25) is 0 Å². The topological polar surface area (TPSA) is 115 Å². The molecule has 1 aromatic carbocycles. The third-order valence-electron chi connectivity index (χ3n) is 2.08. The molecule has 0 saturated heterocycles. The Morgan fingerprint density at radius 3 is 2.67 bits per heavy atom. The fourth-order valence-corrected chi connectivity index (χ4v) is 2.32. The van der Waals surface area contributed by atoms with Crippen molar-refractivity contribution in [2.24, 2.45) is 5.14 Å². The van der Waals surface area contributed by atoms with Crippen LogP contribution in [0.4, 0.5) is 11.4 Å². The van der Waals surface area contributed by atoms with E-state index in [1.165, 1.54) is 6.07 Å². The number of halogens is 1.